The van der Waals surface area contributed by atoms with E-state index in [9.17, 15) is 9.18 Å². The highest BCUT2D eigenvalue weighted by Gasteiger charge is 2.43. The summed E-state index contributed by atoms with van der Waals surface area (Å²) < 4.78 is 20.5. The maximum absolute atomic E-state index is 14.7. The number of guanidine groups is 1. The summed E-state index contributed by atoms with van der Waals surface area (Å²) in [6, 6.07) is 4.94. The van der Waals surface area contributed by atoms with Gasteiger partial charge in [0.1, 0.15) is 11.6 Å². The van der Waals surface area contributed by atoms with Crippen molar-refractivity contribution in [1.29, 1.82) is 0 Å². The Morgan fingerprint density at radius 1 is 1.19 bits per heavy atom. The molecule has 196 valence electrons. The van der Waals surface area contributed by atoms with Crippen molar-refractivity contribution >= 4 is 23.5 Å². The van der Waals surface area contributed by atoms with Gasteiger partial charge in [-0.2, -0.15) is 0 Å². The van der Waals surface area contributed by atoms with E-state index in [-0.39, 0.29) is 18.1 Å². The summed E-state index contributed by atoms with van der Waals surface area (Å²) in [6.07, 6.45) is 8.70. The average Bonchev–Trinajstić information content (AvgIpc) is 3.66. The lowest BCUT2D eigenvalue weighted by Crippen LogP contribution is -2.45. The van der Waals surface area contributed by atoms with Crippen molar-refractivity contribution < 1.29 is 13.9 Å². The average molecular weight is 517 g/mol. The summed E-state index contributed by atoms with van der Waals surface area (Å²) in [5, 5.41) is 3.95. The van der Waals surface area contributed by atoms with Crippen molar-refractivity contribution in [1.82, 2.24) is 15.1 Å². The van der Waals surface area contributed by atoms with Gasteiger partial charge in [0, 0.05) is 38.4 Å². The molecule has 1 aromatic rings. The van der Waals surface area contributed by atoms with Crippen LogP contribution in [-0.4, -0.2) is 61.0 Å². The van der Waals surface area contributed by atoms with Crippen LogP contribution in [0.5, 0.6) is 5.75 Å². The molecule has 2 saturated heterocycles. The topological polar surface area (TPSA) is 57.2 Å². The number of hydrogen-bond acceptors (Lipinski definition) is 5. The molecule has 2 atom stereocenters. The number of aliphatic imine (C=N–C) groups is 1. The Hall–Kier alpha value is -2.28. The van der Waals surface area contributed by atoms with E-state index in [1.807, 2.05) is 11.1 Å². The molecule has 0 aromatic heterocycles. The molecule has 0 bridgehead atoms. The van der Waals surface area contributed by atoms with E-state index in [4.69, 9.17) is 16.3 Å². The third-order valence-corrected chi connectivity index (χ3v) is 8.65. The number of halogens is 2. The Morgan fingerprint density at radius 2 is 1.97 bits per heavy atom. The van der Waals surface area contributed by atoms with E-state index in [1.54, 1.807) is 12.1 Å². The first-order valence-corrected chi connectivity index (χ1v) is 13.9. The molecule has 1 aliphatic carbocycles. The highest BCUT2D eigenvalue weighted by atomic mass is 35.5. The van der Waals surface area contributed by atoms with E-state index < -0.39 is 0 Å². The molecule has 3 aliphatic heterocycles. The van der Waals surface area contributed by atoms with Gasteiger partial charge >= 0.3 is 0 Å². The number of amides is 1. The first-order chi connectivity index (χ1) is 17.5. The molecule has 4 aliphatic rings. The predicted molar refractivity (Wildman–Crippen MR) is 140 cm³/mol. The van der Waals surface area contributed by atoms with Crippen molar-refractivity contribution in [3.63, 3.8) is 0 Å². The van der Waals surface area contributed by atoms with Crippen molar-refractivity contribution in [3.8, 4) is 5.75 Å². The van der Waals surface area contributed by atoms with Crippen LogP contribution in [0.4, 0.5) is 4.39 Å². The van der Waals surface area contributed by atoms with Crippen LogP contribution in [-0.2, 0) is 11.2 Å². The number of hydrogen-bond donors (Lipinski definition) is 1. The van der Waals surface area contributed by atoms with Crippen LogP contribution in [0.2, 0.25) is 0 Å². The standard InChI is InChI=1S/C28H38ClFN4O2/c1-19-4-9-33(10-5-19)27(35)15-22-2-3-24(16-26(22)30)36-13-8-21-14-25(21)20-6-11-34(12-7-20)28-31-17-23(29)18-32-28/h2-3,16-17,19-21,25H,4-15,18H2,1H3,(H,31,32)/t21-,25-/m1/s1. The van der Waals surface area contributed by atoms with E-state index in [2.05, 4.69) is 22.1 Å². The van der Waals surface area contributed by atoms with Crippen LogP contribution >= 0.6 is 11.6 Å². The van der Waals surface area contributed by atoms with E-state index in [0.29, 0.717) is 36.3 Å². The van der Waals surface area contributed by atoms with Crippen LogP contribution in [0.15, 0.2) is 34.4 Å². The summed E-state index contributed by atoms with van der Waals surface area (Å²) in [5.41, 5.74) is 0.452. The molecule has 8 heteroatoms. The van der Waals surface area contributed by atoms with E-state index in [1.165, 1.54) is 25.3 Å². The number of carbonyl (C=O) groups is 1. The molecule has 3 heterocycles. The third-order valence-electron chi connectivity index (χ3n) is 8.42. The van der Waals surface area contributed by atoms with Crippen LogP contribution in [0.3, 0.4) is 0 Å². The summed E-state index contributed by atoms with van der Waals surface area (Å²) in [7, 11) is 0. The van der Waals surface area contributed by atoms with Crippen molar-refractivity contribution in [2.45, 2.75) is 51.9 Å². The number of piperidine rings is 2. The van der Waals surface area contributed by atoms with Gasteiger partial charge in [0.05, 0.1) is 24.6 Å². The Bertz CT molecular complexity index is 999. The second-order valence-corrected chi connectivity index (χ2v) is 11.5. The van der Waals surface area contributed by atoms with Crippen LogP contribution < -0.4 is 10.1 Å². The number of ether oxygens (including phenoxy) is 1. The summed E-state index contributed by atoms with van der Waals surface area (Å²) >= 11 is 5.98. The minimum absolute atomic E-state index is 0.0179. The fraction of sp³-hybridized carbons (Fsp3) is 0.643. The van der Waals surface area contributed by atoms with Gasteiger partial charge < -0.3 is 19.9 Å². The zero-order chi connectivity index (χ0) is 25.1. The third kappa shape index (κ3) is 6.34. The fourth-order valence-corrected chi connectivity index (χ4v) is 6.03. The number of nitrogens with one attached hydrogen (secondary N) is 1. The van der Waals surface area contributed by atoms with Gasteiger partial charge in [0.15, 0.2) is 5.96 Å². The monoisotopic (exact) mass is 516 g/mol. The Balaban J connectivity index is 1.00. The Labute approximate surface area is 218 Å². The molecule has 0 spiro atoms. The quantitative estimate of drug-likeness (QED) is 0.566. The summed E-state index contributed by atoms with van der Waals surface area (Å²) in [4.78, 5) is 21.3. The molecule has 1 saturated carbocycles. The molecule has 3 fully saturated rings. The Kier molecular flexibility index (Phi) is 8.04. The van der Waals surface area contributed by atoms with E-state index >= 15 is 0 Å². The van der Waals surface area contributed by atoms with Gasteiger partial charge in [-0.1, -0.05) is 24.6 Å². The number of carbonyl (C=O) groups excluding carboxylic acids is 1. The summed E-state index contributed by atoms with van der Waals surface area (Å²) in [6.45, 7) is 7.02. The highest BCUT2D eigenvalue weighted by Crippen LogP contribution is 2.49. The SMILES string of the molecule is CC1CCN(C(=O)Cc2ccc(OCC[C@@H]3C[C@@H]3C3CCN(C4=NCC(Cl)=CN4)CC3)cc2F)CC1. The number of rotatable bonds is 7. The summed E-state index contributed by atoms with van der Waals surface area (Å²) in [5.74, 6) is 4.10. The number of benzene rings is 1. The van der Waals surface area contributed by atoms with Gasteiger partial charge in [0.25, 0.3) is 0 Å². The largest absolute Gasteiger partial charge is 0.493 e. The van der Waals surface area contributed by atoms with Gasteiger partial charge in [-0.05, 0) is 73.8 Å². The van der Waals surface area contributed by atoms with Crippen molar-refractivity contribution in [3.05, 3.63) is 40.8 Å². The molecular formula is C28H38ClFN4O2. The smallest absolute Gasteiger partial charge is 0.227 e. The number of nitrogens with zero attached hydrogens (tertiary/aromatic N) is 3. The van der Waals surface area contributed by atoms with Gasteiger partial charge in [-0.15, -0.1) is 0 Å². The van der Waals surface area contributed by atoms with Gasteiger partial charge in [-0.3, -0.25) is 4.79 Å². The second-order valence-electron chi connectivity index (χ2n) is 11.0. The van der Waals surface area contributed by atoms with Crippen molar-refractivity contribution in [2.24, 2.45) is 28.7 Å². The van der Waals surface area contributed by atoms with Crippen LogP contribution in [0.25, 0.3) is 0 Å². The predicted octanol–water partition coefficient (Wildman–Crippen LogP) is 4.78. The molecule has 0 radical (unpaired) electrons. The first kappa shape index (κ1) is 25.4. The molecule has 5 rings (SSSR count). The highest BCUT2D eigenvalue weighted by molar-refractivity contribution is 6.30. The lowest BCUT2D eigenvalue weighted by molar-refractivity contribution is -0.131. The normalized spacial score (nSPS) is 25.2. The molecule has 1 aromatic carbocycles. The van der Waals surface area contributed by atoms with Crippen LogP contribution in [0, 0.1) is 29.5 Å². The second kappa shape index (κ2) is 11.4. The molecule has 6 nitrogen and oxygen atoms in total. The van der Waals surface area contributed by atoms with E-state index in [0.717, 1.165) is 68.3 Å². The minimum atomic E-state index is -0.350. The molecular weight excluding hydrogens is 479 g/mol. The maximum atomic E-state index is 14.7. The zero-order valence-electron chi connectivity index (χ0n) is 21.2. The van der Waals surface area contributed by atoms with Gasteiger partial charge in [0.2, 0.25) is 5.91 Å². The number of likely N-dealkylation sites (tertiary alicyclic amines) is 2. The fourth-order valence-electron chi connectivity index (χ4n) is 5.92. The van der Waals surface area contributed by atoms with Crippen molar-refractivity contribution in [2.75, 3.05) is 39.3 Å². The lowest BCUT2D eigenvalue weighted by Gasteiger charge is -2.35. The minimum Gasteiger partial charge on any atom is -0.493 e. The first-order valence-electron chi connectivity index (χ1n) is 13.6. The molecule has 1 amide bonds. The zero-order valence-corrected chi connectivity index (χ0v) is 22.0. The maximum Gasteiger partial charge on any atom is 0.227 e. The van der Waals surface area contributed by atoms with Crippen LogP contribution in [0.1, 0.15) is 51.0 Å². The lowest BCUT2D eigenvalue weighted by atomic mass is 9.90. The molecule has 36 heavy (non-hydrogen) atoms. The van der Waals surface area contributed by atoms with Gasteiger partial charge in [-0.25, -0.2) is 9.38 Å². The Morgan fingerprint density at radius 3 is 2.67 bits per heavy atom. The molecule has 1 N–H and O–H groups in total. The molecule has 0 unspecified atom stereocenters.